The minimum absolute atomic E-state index is 0.0396. The predicted octanol–water partition coefficient (Wildman–Crippen LogP) is 2.29. The number of aryl methyl sites for hydroxylation is 2. The smallest absolute Gasteiger partial charge is 0.257 e. The minimum atomic E-state index is -0.172. The highest BCUT2D eigenvalue weighted by atomic mass is 16.5. The number of nitrogens with zero attached hydrogens (tertiary/aromatic N) is 2. The minimum Gasteiger partial charge on any atom is -0.490 e. The van der Waals surface area contributed by atoms with Gasteiger partial charge in [0.2, 0.25) is 0 Å². The SMILES string of the molecule is Cc1nn(C)c(N)c1C(=O)N[C@H]1C[C@@H](Oc2ccccc2)C1(C)C. The highest BCUT2D eigenvalue weighted by Crippen LogP contribution is 2.43. The third-order valence-electron chi connectivity index (χ3n) is 5.00. The lowest BCUT2D eigenvalue weighted by Crippen LogP contribution is -2.63. The summed E-state index contributed by atoms with van der Waals surface area (Å²) in [6.45, 7) is 6.00. The third kappa shape index (κ3) is 2.72. The predicted molar refractivity (Wildman–Crippen MR) is 92.9 cm³/mol. The molecule has 3 rings (SSSR count). The molecule has 24 heavy (non-hydrogen) atoms. The molecule has 1 amide bonds. The molecule has 128 valence electrons. The van der Waals surface area contributed by atoms with Crippen LogP contribution < -0.4 is 15.8 Å². The van der Waals surface area contributed by atoms with Gasteiger partial charge in [0.1, 0.15) is 23.2 Å². The highest BCUT2D eigenvalue weighted by molar-refractivity contribution is 5.99. The number of hydrogen-bond donors (Lipinski definition) is 2. The van der Waals surface area contributed by atoms with E-state index in [1.165, 1.54) is 4.68 Å². The van der Waals surface area contributed by atoms with Gasteiger partial charge in [-0.15, -0.1) is 0 Å². The summed E-state index contributed by atoms with van der Waals surface area (Å²) >= 11 is 0. The highest BCUT2D eigenvalue weighted by Gasteiger charge is 2.51. The maximum atomic E-state index is 12.6. The number of ether oxygens (including phenoxy) is 1. The van der Waals surface area contributed by atoms with E-state index in [-0.39, 0.29) is 23.5 Å². The van der Waals surface area contributed by atoms with Crippen LogP contribution in [0.4, 0.5) is 5.82 Å². The maximum Gasteiger partial charge on any atom is 0.257 e. The second-order valence-electron chi connectivity index (χ2n) is 6.97. The second kappa shape index (κ2) is 5.85. The number of nitrogens with two attached hydrogens (primary N) is 1. The van der Waals surface area contributed by atoms with Crippen molar-refractivity contribution >= 4 is 11.7 Å². The quantitative estimate of drug-likeness (QED) is 0.902. The molecule has 1 aliphatic carbocycles. The summed E-state index contributed by atoms with van der Waals surface area (Å²) in [5.41, 5.74) is 6.89. The molecule has 0 aliphatic heterocycles. The van der Waals surface area contributed by atoms with Crippen molar-refractivity contribution in [3.8, 4) is 5.75 Å². The van der Waals surface area contributed by atoms with Gasteiger partial charge >= 0.3 is 0 Å². The summed E-state index contributed by atoms with van der Waals surface area (Å²) in [6.07, 6.45) is 0.838. The van der Waals surface area contributed by atoms with Crippen LogP contribution in [0.2, 0.25) is 0 Å². The molecular formula is C18H24N4O2. The first-order valence-corrected chi connectivity index (χ1v) is 8.12. The van der Waals surface area contributed by atoms with Crippen LogP contribution in [0.15, 0.2) is 30.3 Å². The number of carbonyl (C=O) groups excluding carboxylic acids is 1. The number of anilines is 1. The van der Waals surface area contributed by atoms with Crippen LogP contribution in [0.5, 0.6) is 5.75 Å². The Morgan fingerprint density at radius 1 is 1.38 bits per heavy atom. The average molecular weight is 328 g/mol. The van der Waals surface area contributed by atoms with Crippen LogP contribution >= 0.6 is 0 Å². The molecule has 1 aromatic carbocycles. The van der Waals surface area contributed by atoms with E-state index >= 15 is 0 Å². The number of rotatable bonds is 4. The summed E-state index contributed by atoms with van der Waals surface area (Å²) < 4.78 is 7.57. The molecule has 0 saturated heterocycles. The number of benzene rings is 1. The van der Waals surface area contributed by atoms with E-state index < -0.39 is 0 Å². The molecular weight excluding hydrogens is 304 g/mol. The van der Waals surface area contributed by atoms with Gasteiger partial charge in [0.05, 0.1) is 5.69 Å². The average Bonchev–Trinajstić information content (AvgIpc) is 2.80. The topological polar surface area (TPSA) is 82.2 Å². The van der Waals surface area contributed by atoms with Crippen LogP contribution in [0.25, 0.3) is 0 Å². The van der Waals surface area contributed by atoms with E-state index in [0.29, 0.717) is 17.1 Å². The van der Waals surface area contributed by atoms with Crippen LogP contribution in [0.3, 0.4) is 0 Å². The van der Waals surface area contributed by atoms with Crippen molar-refractivity contribution in [2.75, 3.05) is 5.73 Å². The first kappa shape index (κ1) is 16.4. The zero-order valence-electron chi connectivity index (χ0n) is 14.5. The summed E-state index contributed by atoms with van der Waals surface area (Å²) in [5.74, 6) is 1.07. The van der Waals surface area contributed by atoms with Crippen molar-refractivity contribution in [2.45, 2.75) is 39.3 Å². The Kier molecular flexibility index (Phi) is 3.99. The fraction of sp³-hybridized carbons (Fsp3) is 0.444. The lowest BCUT2D eigenvalue weighted by atomic mass is 9.64. The monoisotopic (exact) mass is 328 g/mol. The normalized spacial score (nSPS) is 21.8. The van der Waals surface area contributed by atoms with Gasteiger partial charge in [-0.05, 0) is 19.1 Å². The number of hydrogen-bond acceptors (Lipinski definition) is 4. The molecule has 1 aliphatic rings. The first-order valence-electron chi connectivity index (χ1n) is 8.12. The third-order valence-corrected chi connectivity index (χ3v) is 5.00. The second-order valence-corrected chi connectivity index (χ2v) is 6.97. The number of nitrogens with one attached hydrogen (secondary N) is 1. The molecule has 0 spiro atoms. The Morgan fingerprint density at radius 2 is 2.04 bits per heavy atom. The number of para-hydroxylation sites is 1. The van der Waals surface area contributed by atoms with E-state index in [0.717, 1.165) is 12.2 Å². The van der Waals surface area contributed by atoms with Gasteiger partial charge in [-0.1, -0.05) is 32.0 Å². The van der Waals surface area contributed by atoms with Gasteiger partial charge in [-0.3, -0.25) is 9.48 Å². The molecule has 6 heteroatoms. The Labute approximate surface area is 142 Å². The zero-order valence-corrected chi connectivity index (χ0v) is 14.5. The molecule has 1 fully saturated rings. The van der Waals surface area contributed by atoms with Crippen molar-refractivity contribution in [3.05, 3.63) is 41.6 Å². The van der Waals surface area contributed by atoms with Crippen LogP contribution in [-0.2, 0) is 7.05 Å². The van der Waals surface area contributed by atoms with E-state index in [2.05, 4.69) is 24.3 Å². The van der Waals surface area contributed by atoms with Gasteiger partial charge in [-0.25, -0.2) is 0 Å². The molecule has 6 nitrogen and oxygen atoms in total. The molecule has 1 aromatic heterocycles. The molecule has 1 saturated carbocycles. The number of carbonyl (C=O) groups is 1. The Hall–Kier alpha value is -2.50. The summed E-state index contributed by atoms with van der Waals surface area (Å²) in [7, 11) is 1.73. The maximum absolute atomic E-state index is 12.6. The number of amides is 1. The lowest BCUT2D eigenvalue weighted by Gasteiger charge is -2.51. The molecule has 0 bridgehead atoms. The van der Waals surface area contributed by atoms with Crippen molar-refractivity contribution in [1.82, 2.24) is 15.1 Å². The molecule has 0 unspecified atom stereocenters. The lowest BCUT2D eigenvalue weighted by molar-refractivity contribution is -0.0515. The Morgan fingerprint density at radius 3 is 2.58 bits per heavy atom. The van der Waals surface area contributed by atoms with Crippen LogP contribution in [-0.4, -0.2) is 27.8 Å². The van der Waals surface area contributed by atoms with Crippen molar-refractivity contribution in [3.63, 3.8) is 0 Å². The first-order chi connectivity index (χ1) is 11.3. The van der Waals surface area contributed by atoms with Crippen molar-refractivity contribution in [1.29, 1.82) is 0 Å². The van der Waals surface area contributed by atoms with Crippen molar-refractivity contribution < 1.29 is 9.53 Å². The largest absolute Gasteiger partial charge is 0.490 e. The summed E-state index contributed by atoms with van der Waals surface area (Å²) in [4.78, 5) is 12.6. The fourth-order valence-corrected chi connectivity index (χ4v) is 3.18. The van der Waals surface area contributed by atoms with Gasteiger partial charge < -0.3 is 15.8 Å². The summed E-state index contributed by atoms with van der Waals surface area (Å²) in [6, 6.07) is 9.80. The van der Waals surface area contributed by atoms with Gasteiger partial charge in [0, 0.05) is 24.9 Å². The van der Waals surface area contributed by atoms with Crippen LogP contribution in [0.1, 0.15) is 36.3 Å². The fourth-order valence-electron chi connectivity index (χ4n) is 3.18. The standard InChI is InChI=1S/C18H24N4O2/c1-11-15(16(19)22(4)21-11)17(23)20-13-10-14(18(13,2)3)24-12-8-6-5-7-9-12/h5-9,13-14H,10,19H2,1-4H3,(H,20,23)/t13-,14+/m0/s1. The Bertz CT molecular complexity index is 752. The molecule has 0 radical (unpaired) electrons. The van der Waals surface area contributed by atoms with Crippen LogP contribution in [0, 0.1) is 12.3 Å². The molecule has 2 aromatic rings. The Balaban J connectivity index is 1.66. The van der Waals surface area contributed by atoms with E-state index in [1.807, 2.05) is 30.3 Å². The van der Waals surface area contributed by atoms with Gasteiger partial charge in [0.25, 0.3) is 5.91 Å². The number of nitrogen functional groups attached to an aromatic ring is 1. The summed E-state index contributed by atoms with van der Waals surface area (Å²) in [5, 5.41) is 7.28. The zero-order chi connectivity index (χ0) is 17.5. The molecule has 1 heterocycles. The van der Waals surface area contributed by atoms with Gasteiger partial charge in [-0.2, -0.15) is 5.10 Å². The molecule has 3 N–H and O–H groups in total. The van der Waals surface area contributed by atoms with E-state index in [4.69, 9.17) is 10.5 Å². The van der Waals surface area contributed by atoms with E-state index in [9.17, 15) is 4.79 Å². The number of aromatic nitrogens is 2. The van der Waals surface area contributed by atoms with Gasteiger partial charge in [0.15, 0.2) is 0 Å². The van der Waals surface area contributed by atoms with Crippen molar-refractivity contribution in [2.24, 2.45) is 12.5 Å². The van der Waals surface area contributed by atoms with E-state index in [1.54, 1.807) is 14.0 Å². The molecule has 2 atom stereocenters.